The molecule has 2 fully saturated rings. The molecule has 9 N–H and O–H groups in total. The Kier molecular flexibility index (Phi) is 69.4. The monoisotopic (exact) mass is 1500 g/mol. The van der Waals surface area contributed by atoms with E-state index in [-0.39, 0.29) is 18.9 Å². The Labute approximate surface area is 653 Å². The Morgan fingerprint density at radius 3 is 0.991 bits per heavy atom. The predicted octanol–water partition coefficient (Wildman–Crippen LogP) is 21.3. The molecule has 0 aliphatic carbocycles. The zero-order valence-corrected chi connectivity index (χ0v) is 67.8. The van der Waals surface area contributed by atoms with Gasteiger partial charge in [0, 0.05) is 6.42 Å². The summed E-state index contributed by atoms with van der Waals surface area (Å²) in [5.74, 6) is -0.218. The SMILES string of the molecule is CC/C=C\C/C=C\C/C=C\C/C=C\C/C=C\C/C=C\C/C=C\C/C=C\C/C=C\C/C=C\C/C=C\CCCCCCCCCC(=O)NC(COC1OC(CO)C(OC2OC(CO)C(O)C(O)C2O)C(O)C1O)C(O)CCCCCCCCCCCCCCCCCCCCCCCCCCCCCCCCCC. The summed E-state index contributed by atoms with van der Waals surface area (Å²) in [5.41, 5.74) is 0. The van der Waals surface area contributed by atoms with Gasteiger partial charge in [0.05, 0.1) is 32.0 Å². The number of rotatable bonds is 73. The zero-order valence-electron chi connectivity index (χ0n) is 67.8. The van der Waals surface area contributed by atoms with Gasteiger partial charge in [-0.25, -0.2) is 0 Å². The van der Waals surface area contributed by atoms with E-state index in [1.54, 1.807) is 0 Å². The number of hydrogen-bond donors (Lipinski definition) is 9. The maximum atomic E-state index is 13.4. The second-order valence-corrected chi connectivity index (χ2v) is 30.3. The molecular weight excluding hydrogens is 1340 g/mol. The lowest BCUT2D eigenvalue weighted by Crippen LogP contribution is -2.65. The molecule has 0 aromatic carbocycles. The van der Waals surface area contributed by atoms with Gasteiger partial charge in [-0.05, 0) is 96.3 Å². The zero-order chi connectivity index (χ0) is 77.2. The third-order valence-electron chi connectivity index (χ3n) is 20.6. The first-order chi connectivity index (χ1) is 52.6. The number of amides is 1. The third kappa shape index (κ3) is 56.9. The van der Waals surface area contributed by atoms with E-state index in [9.17, 15) is 45.6 Å². The van der Waals surface area contributed by atoms with Crippen LogP contribution in [0.3, 0.4) is 0 Å². The van der Waals surface area contributed by atoms with E-state index in [2.05, 4.69) is 153 Å². The minimum absolute atomic E-state index is 0.218. The van der Waals surface area contributed by atoms with Crippen molar-refractivity contribution >= 4 is 5.91 Å². The first-order valence-corrected chi connectivity index (χ1v) is 43.9. The normalized spacial score (nSPS) is 21.9. The molecule has 12 unspecified atom stereocenters. The molecule has 14 heteroatoms. The average Bonchev–Trinajstić information content (AvgIpc) is 0.789. The van der Waals surface area contributed by atoms with E-state index in [0.717, 1.165) is 135 Å². The first kappa shape index (κ1) is 99.2. The highest BCUT2D eigenvalue weighted by Gasteiger charge is 2.51. The molecule has 0 radical (unpaired) electrons. The van der Waals surface area contributed by atoms with Crippen LogP contribution >= 0.6 is 0 Å². The summed E-state index contributed by atoms with van der Waals surface area (Å²) in [6.45, 7) is 2.78. The summed E-state index contributed by atoms with van der Waals surface area (Å²) in [7, 11) is 0. The number of aliphatic hydroxyl groups excluding tert-OH is 8. The maximum absolute atomic E-state index is 13.4. The standard InChI is InChI=1S/C93H161NO13/c1-3-5-7-9-11-13-15-17-19-21-23-25-27-29-31-33-35-37-38-39-40-41-42-43-44-45-47-49-51-53-55-57-59-61-63-65-67-69-71-73-75-77-85(98)94-81(80-104-92-90(103)88(101)91(84(79-96)106-92)107-93-89(102)87(100)86(99)83(78-95)105-93)82(97)76-74-72-70-68-66-64-62-60-58-56-54-52-50-48-46-36-34-32-30-28-26-24-22-20-18-16-14-12-10-8-6-4-2/h5,7,11,13,17,19,23,25,29,31,35,37,39-40,42-43,45,47,51,53,57,59,81-84,86-93,95-97,99-103H,3-4,6,8-10,12,14-16,18,20-22,24,26-28,30,32-34,36,38,41,44,46,48-50,52,54-56,58,60-80H2,1-2H3,(H,94,98)/b7-5-,13-11-,19-17-,25-23-,31-29-,37-35-,40-39-,43-42-,47-45-,53-51-,59-57-. The predicted molar refractivity (Wildman–Crippen MR) is 447 cm³/mol. The number of nitrogens with one attached hydrogen (secondary N) is 1. The fourth-order valence-corrected chi connectivity index (χ4v) is 13.8. The summed E-state index contributed by atoms with van der Waals surface area (Å²) in [6, 6.07) is -0.847. The van der Waals surface area contributed by atoms with Gasteiger partial charge in [0.1, 0.15) is 48.8 Å². The number of carbonyl (C=O) groups excluding carboxylic acids is 1. The van der Waals surface area contributed by atoms with Crippen molar-refractivity contribution < 1.29 is 64.6 Å². The van der Waals surface area contributed by atoms with Crippen LogP contribution in [0.5, 0.6) is 0 Å². The summed E-state index contributed by atoms with van der Waals surface area (Å²) in [4.78, 5) is 13.4. The van der Waals surface area contributed by atoms with Crippen LogP contribution < -0.4 is 5.32 Å². The molecular formula is C93H161NO13. The van der Waals surface area contributed by atoms with Crippen LogP contribution in [0.25, 0.3) is 0 Å². The largest absolute Gasteiger partial charge is 0.394 e. The lowest BCUT2D eigenvalue weighted by Gasteiger charge is -2.46. The van der Waals surface area contributed by atoms with Gasteiger partial charge in [0.15, 0.2) is 12.6 Å². The third-order valence-corrected chi connectivity index (χ3v) is 20.6. The molecule has 12 atom stereocenters. The van der Waals surface area contributed by atoms with Gasteiger partial charge in [0.2, 0.25) is 5.91 Å². The average molecular weight is 1500 g/mol. The van der Waals surface area contributed by atoms with E-state index in [1.165, 1.54) is 186 Å². The van der Waals surface area contributed by atoms with Crippen molar-refractivity contribution in [3.05, 3.63) is 134 Å². The summed E-state index contributed by atoms with van der Waals surface area (Å²) >= 11 is 0. The van der Waals surface area contributed by atoms with Crippen molar-refractivity contribution in [3.8, 4) is 0 Å². The minimum Gasteiger partial charge on any atom is -0.394 e. The van der Waals surface area contributed by atoms with Gasteiger partial charge in [-0.3, -0.25) is 4.79 Å². The van der Waals surface area contributed by atoms with Crippen molar-refractivity contribution in [2.45, 2.75) is 428 Å². The van der Waals surface area contributed by atoms with Crippen LogP contribution in [0.1, 0.15) is 354 Å². The molecule has 2 rings (SSSR count). The van der Waals surface area contributed by atoms with Crippen LogP contribution in [0.15, 0.2) is 134 Å². The molecule has 0 spiro atoms. The van der Waals surface area contributed by atoms with E-state index in [1.807, 2.05) is 0 Å². The first-order valence-electron chi connectivity index (χ1n) is 43.9. The van der Waals surface area contributed by atoms with Gasteiger partial charge >= 0.3 is 0 Å². The molecule has 616 valence electrons. The summed E-state index contributed by atoms with van der Waals surface area (Å²) < 4.78 is 23.0. The van der Waals surface area contributed by atoms with E-state index >= 15 is 0 Å². The van der Waals surface area contributed by atoms with Crippen molar-refractivity contribution in [3.63, 3.8) is 0 Å². The van der Waals surface area contributed by atoms with Crippen molar-refractivity contribution in [1.29, 1.82) is 0 Å². The number of hydrogen-bond acceptors (Lipinski definition) is 13. The molecule has 2 aliphatic heterocycles. The molecule has 14 nitrogen and oxygen atoms in total. The molecule has 0 aromatic rings. The van der Waals surface area contributed by atoms with E-state index < -0.39 is 86.8 Å². The van der Waals surface area contributed by atoms with Gasteiger partial charge in [-0.15, -0.1) is 0 Å². The Morgan fingerprint density at radius 2 is 0.645 bits per heavy atom. The molecule has 1 amide bonds. The van der Waals surface area contributed by atoms with Crippen molar-refractivity contribution in [2.24, 2.45) is 0 Å². The summed E-state index contributed by atoms with van der Waals surface area (Å²) in [6.07, 6.45) is 95.0. The van der Waals surface area contributed by atoms with E-state index in [4.69, 9.17) is 18.9 Å². The molecule has 2 saturated heterocycles. The van der Waals surface area contributed by atoms with Gasteiger partial charge < -0.3 is 65.1 Å². The molecule has 107 heavy (non-hydrogen) atoms. The molecule has 0 bridgehead atoms. The van der Waals surface area contributed by atoms with Gasteiger partial charge in [0.25, 0.3) is 0 Å². The van der Waals surface area contributed by atoms with Gasteiger partial charge in [-0.1, -0.05) is 385 Å². The highest BCUT2D eigenvalue weighted by Crippen LogP contribution is 2.30. The van der Waals surface area contributed by atoms with E-state index in [0.29, 0.717) is 12.8 Å². The minimum atomic E-state index is -1.79. The highest BCUT2D eigenvalue weighted by atomic mass is 16.7. The van der Waals surface area contributed by atoms with Crippen LogP contribution in [0, 0.1) is 0 Å². The van der Waals surface area contributed by atoms with Crippen LogP contribution in [0.2, 0.25) is 0 Å². The molecule has 0 saturated carbocycles. The Balaban J connectivity index is 1.60. The lowest BCUT2D eigenvalue weighted by molar-refractivity contribution is -0.359. The van der Waals surface area contributed by atoms with Gasteiger partial charge in [-0.2, -0.15) is 0 Å². The highest BCUT2D eigenvalue weighted by molar-refractivity contribution is 5.76. The smallest absolute Gasteiger partial charge is 0.220 e. The van der Waals surface area contributed by atoms with Crippen molar-refractivity contribution in [1.82, 2.24) is 5.32 Å². The second kappa shape index (κ2) is 74.9. The fourth-order valence-electron chi connectivity index (χ4n) is 13.8. The van der Waals surface area contributed by atoms with Crippen LogP contribution in [-0.4, -0.2) is 140 Å². The second-order valence-electron chi connectivity index (χ2n) is 30.3. The quantitative estimate of drug-likeness (QED) is 0.0204. The van der Waals surface area contributed by atoms with Crippen LogP contribution in [0.4, 0.5) is 0 Å². The fraction of sp³-hybridized carbons (Fsp3) is 0.753. The Morgan fingerprint density at radius 1 is 0.346 bits per heavy atom. The topological polar surface area (TPSA) is 228 Å². The number of carbonyl (C=O) groups is 1. The Bertz CT molecular complexity index is 2320. The molecule has 2 aliphatic rings. The number of unbranched alkanes of at least 4 members (excludes halogenated alkanes) is 38. The lowest BCUT2D eigenvalue weighted by atomic mass is 9.97. The number of allylic oxidation sites excluding steroid dienone is 22. The van der Waals surface area contributed by atoms with Crippen molar-refractivity contribution in [2.75, 3.05) is 19.8 Å². The molecule has 0 aromatic heterocycles. The van der Waals surface area contributed by atoms with Crippen LogP contribution in [-0.2, 0) is 23.7 Å². The maximum Gasteiger partial charge on any atom is 0.220 e. The summed E-state index contributed by atoms with van der Waals surface area (Å²) in [5, 5.41) is 88.0. The molecule has 2 heterocycles. The number of ether oxygens (including phenoxy) is 4. The number of aliphatic hydroxyl groups is 8. The Hall–Kier alpha value is -3.87.